The molecule has 4 nitrogen and oxygen atoms in total. The van der Waals surface area contributed by atoms with E-state index >= 15 is 0 Å². The van der Waals surface area contributed by atoms with E-state index < -0.39 is 0 Å². The molecular weight excluding hydrogens is 200 g/mol. The molecule has 4 heteroatoms. The average Bonchev–Trinajstić information content (AvgIpc) is 2.29. The molecule has 0 fully saturated rings. The van der Waals surface area contributed by atoms with Gasteiger partial charge in [-0.05, 0) is 18.6 Å². The number of rotatable bonds is 4. The van der Waals surface area contributed by atoms with Crippen LogP contribution in [0.25, 0.3) is 10.9 Å². The fourth-order valence-electron chi connectivity index (χ4n) is 1.61. The normalized spacial score (nSPS) is 10.6. The predicted octanol–water partition coefficient (Wildman–Crippen LogP) is 2.42. The Bertz CT molecular complexity index is 481. The zero-order valence-corrected chi connectivity index (χ0v) is 9.40. The van der Waals surface area contributed by atoms with Crippen LogP contribution in [0, 0.1) is 0 Å². The molecule has 0 aliphatic heterocycles. The van der Waals surface area contributed by atoms with Gasteiger partial charge in [0.15, 0.2) is 0 Å². The van der Waals surface area contributed by atoms with Crippen molar-refractivity contribution in [2.24, 2.45) is 0 Å². The average molecular weight is 216 g/mol. The van der Waals surface area contributed by atoms with Gasteiger partial charge in [-0.25, -0.2) is 4.98 Å². The lowest BCUT2D eigenvalue weighted by molar-refractivity contribution is 0.832. The number of benzene rings is 1. The number of aromatic nitrogens is 2. The number of anilines is 2. The SMILES string of the molecule is CCCCNc1nc(N)nc2ccccc12. The molecule has 0 aliphatic rings. The molecule has 0 spiro atoms. The molecule has 0 bridgehead atoms. The zero-order chi connectivity index (χ0) is 11.4. The first-order valence-electron chi connectivity index (χ1n) is 5.57. The largest absolute Gasteiger partial charge is 0.369 e. The summed E-state index contributed by atoms with van der Waals surface area (Å²) in [6, 6.07) is 7.87. The van der Waals surface area contributed by atoms with E-state index in [1.807, 2.05) is 24.3 Å². The zero-order valence-electron chi connectivity index (χ0n) is 9.40. The monoisotopic (exact) mass is 216 g/mol. The summed E-state index contributed by atoms with van der Waals surface area (Å²) in [6.07, 6.45) is 2.28. The van der Waals surface area contributed by atoms with Crippen molar-refractivity contribution in [3.05, 3.63) is 24.3 Å². The minimum absolute atomic E-state index is 0.317. The van der Waals surface area contributed by atoms with Gasteiger partial charge in [0.2, 0.25) is 5.95 Å². The molecule has 1 aromatic carbocycles. The molecule has 2 aromatic rings. The highest BCUT2D eigenvalue weighted by Crippen LogP contribution is 2.20. The highest BCUT2D eigenvalue weighted by atomic mass is 15.1. The van der Waals surface area contributed by atoms with Crippen LogP contribution in [0.1, 0.15) is 19.8 Å². The molecule has 84 valence electrons. The Labute approximate surface area is 94.9 Å². The Morgan fingerprint density at radius 2 is 2.06 bits per heavy atom. The van der Waals surface area contributed by atoms with E-state index in [2.05, 4.69) is 22.2 Å². The summed E-state index contributed by atoms with van der Waals surface area (Å²) >= 11 is 0. The molecule has 2 rings (SSSR count). The Kier molecular flexibility index (Phi) is 3.19. The van der Waals surface area contributed by atoms with Gasteiger partial charge in [0, 0.05) is 11.9 Å². The van der Waals surface area contributed by atoms with Crippen molar-refractivity contribution < 1.29 is 0 Å². The Balaban J connectivity index is 2.34. The van der Waals surface area contributed by atoms with Gasteiger partial charge in [0.1, 0.15) is 5.82 Å². The minimum atomic E-state index is 0.317. The van der Waals surface area contributed by atoms with Crippen molar-refractivity contribution in [2.45, 2.75) is 19.8 Å². The number of nitrogens with two attached hydrogens (primary N) is 1. The molecule has 3 N–H and O–H groups in total. The summed E-state index contributed by atoms with van der Waals surface area (Å²) in [4.78, 5) is 8.42. The van der Waals surface area contributed by atoms with Gasteiger partial charge in [-0.15, -0.1) is 0 Å². The van der Waals surface area contributed by atoms with E-state index in [1.54, 1.807) is 0 Å². The number of unbranched alkanes of at least 4 members (excludes halogenated alkanes) is 1. The van der Waals surface area contributed by atoms with Gasteiger partial charge >= 0.3 is 0 Å². The highest BCUT2D eigenvalue weighted by Gasteiger charge is 2.04. The number of nitrogen functional groups attached to an aromatic ring is 1. The fourth-order valence-corrected chi connectivity index (χ4v) is 1.61. The van der Waals surface area contributed by atoms with Gasteiger partial charge in [0.05, 0.1) is 5.52 Å². The molecular formula is C12H16N4. The molecule has 0 aliphatic carbocycles. The fraction of sp³-hybridized carbons (Fsp3) is 0.333. The molecule has 0 amide bonds. The van der Waals surface area contributed by atoms with Crippen LogP contribution in [0.2, 0.25) is 0 Å². The Hall–Kier alpha value is -1.84. The summed E-state index contributed by atoms with van der Waals surface area (Å²) in [5.41, 5.74) is 6.55. The van der Waals surface area contributed by atoms with E-state index in [1.165, 1.54) is 0 Å². The standard InChI is InChI=1S/C12H16N4/c1-2-3-8-14-11-9-6-4-5-7-10(9)15-12(13)16-11/h4-7H,2-3,8H2,1H3,(H3,13,14,15,16). The van der Waals surface area contributed by atoms with Gasteiger partial charge < -0.3 is 11.1 Å². The lowest BCUT2D eigenvalue weighted by atomic mass is 10.2. The Morgan fingerprint density at radius 3 is 2.88 bits per heavy atom. The first kappa shape index (κ1) is 10.7. The number of hydrogen-bond donors (Lipinski definition) is 2. The molecule has 16 heavy (non-hydrogen) atoms. The van der Waals surface area contributed by atoms with Crippen molar-refractivity contribution >= 4 is 22.7 Å². The maximum absolute atomic E-state index is 5.67. The third kappa shape index (κ3) is 2.21. The summed E-state index contributed by atoms with van der Waals surface area (Å²) in [7, 11) is 0. The quantitative estimate of drug-likeness (QED) is 0.770. The number of fused-ring (bicyclic) bond motifs is 1. The van der Waals surface area contributed by atoms with Gasteiger partial charge in [0.25, 0.3) is 0 Å². The maximum Gasteiger partial charge on any atom is 0.222 e. The van der Waals surface area contributed by atoms with Crippen LogP contribution < -0.4 is 11.1 Å². The minimum Gasteiger partial charge on any atom is -0.369 e. The number of nitrogens with zero attached hydrogens (tertiary/aromatic N) is 2. The van der Waals surface area contributed by atoms with Gasteiger partial charge in [-0.1, -0.05) is 25.5 Å². The topological polar surface area (TPSA) is 63.8 Å². The third-order valence-corrected chi connectivity index (χ3v) is 2.44. The van der Waals surface area contributed by atoms with Crippen LogP contribution in [-0.4, -0.2) is 16.5 Å². The second-order valence-electron chi connectivity index (χ2n) is 3.73. The van der Waals surface area contributed by atoms with Crippen molar-refractivity contribution in [1.82, 2.24) is 9.97 Å². The van der Waals surface area contributed by atoms with Crippen molar-refractivity contribution in [3.8, 4) is 0 Å². The van der Waals surface area contributed by atoms with E-state index in [4.69, 9.17) is 5.73 Å². The van der Waals surface area contributed by atoms with E-state index in [0.29, 0.717) is 5.95 Å². The number of hydrogen-bond acceptors (Lipinski definition) is 4. The first-order valence-corrected chi connectivity index (χ1v) is 5.57. The second kappa shape index (κ2) is 4.79. The number of para-hydroxylation sites is 1. The lowest BCUT2D eigenvalue weighted by Gasteiger charge is -2.08. The molecule has 0 saturated carbocycles. The van der Waals surface area contributed by atoms with Crippen molar-refractivity contribution in [1.29, 1.82) is 0 Å². The smallest absolute Gasteiger partial charge is 0.222 e. The lowest BCUT2D eigenvalue weighted by Crippen LogP contribution is -2.06. The van der Waals surface area contributed by atoms with Crippen LogP contribution in [0.4, 0.5) is 11.8 Å². The van der Waals surface area contributed by atoms with Crippen LogP contribution in [-0.2, 0) is 0 Å². The van der Waals surface area contributed by atoms with Crippen LogP contribution >= 0.6 is 0 Å². The van der Waals surface area contributed by atoms with Crippen molar-refractivity contribution in [2.75, 3.05) is 17.6 Å². The molecule has 1 aromatic heterocycles. The predicted molar refractivity (Wildman–Crippen MR) is 67.3 cm³/mol. The number of nitrogens with one attached hydrogen (secondary N) is 1. The first-order chi connectivity index (χ1) is 7.81. The van der Waals surface area contributed by atoms with Crippen LogP contribution in [0.3, 0.4) is 0 Å². The van der Waals surface area contributed by atoms with E-state index in [-0.39, 0.29) is 0 Å². The maximum atomic E-state index is 5.67. The second-order valence-corrected chi connectivity index (χ2v) is 3.73. The van der Waals surface area contributed by atoms with Crippen LogP contribution in [0.5, 0.6) is 0 Å². The molecule has 0 saturated heterocycles. The molecule has 0 radical (unpaired) electrons. The van der Waals surface area contributed by atoms with E-state index in [0.717, 1.165) is 36.1 Å². The summed E-state index contributed by atoms with van der Waals surface area (Å²) in [5.74, 6) is 1.15. The molecule has 1 heterocycles. The Morgan fingerprint density at radius 1 is 1.25 bits per heavy atom. The summed E-state index contributed by atoms with van der Waals surface area (Å²) < 4.78 is 0. The summed E-state index contributed by atoms with van der Waals surface area (Å²) in [5, 5.41) is 4.32. The van der Waals surface area contributed by atoms with E-state index in [9.17, 15) is 0 Å². The van der Waals surface area contributed by atoms with Crippen molar-refractivity contribution in [3.63, 3.8) is 0 Å². The summed E-state index contributed by atoms with van der Waals surface area (Å²) in [6.45, 7) is 3.07. The third-order valence-electron chi connectivity index (χ3n) is 2.44. The van der Waals surface area contributed by atoms with Crippen LogP contribution in [0.15, 0.2) is 24.3 Å². The molecule has 0 unspecified atom stereocenters. The van der Waals surface area contributed by atoms with Gasteiger partial charge in [-0.3, -0.25) is 0 Å². The highest BCUT2D eigenvalue weighted by molar-refractivity contribution is 5.89. The molecule has 0 atom stereocenters. The van der Waals surface area contributed by atoms with Gasteiger partial charge in [-0.2, -0.15) is 4.98 Å².